The smallest absolute Gasteiger partial charge is 0.271 e. The molecule has 0 aliphatic heterocycles. The second-order valence-electron chi connectivity index (χ2n) is 5.05. The maximum absolute atomic E-state index is 10.9. The van der Waals surface area contributed by atoms with E-state index in [1.165, 1.54) is 18.2 Å². The fourth-order valence-electron chi connectivity index (χ4n) is 1.89. The molecular formula is C16H15Cl2N3O3S. The summed E-state index contributed by atoms with van der Waals surface area (Å²) in [5.41, 5.74) is 0.305. The van der Waals surface area contributed by atoms with Gasteiger partial charge in [0.1, 0.15) is 12.4 Å². The molecule has 2 aromatic rings. The highest BCUT2D eigenvalue weighted by molar-refractivity contribution is 7.80. The van der Waals surface area contributed by atoms with Crippen molar-refractivity contribution in [2.24, 2.45) is 0 Å². The number of nitrogens with zero attached hydrogens (tertiary/aromatic N) is 2. The van der Waals surface area contributed by atoms with Crippen molar-refractivity contribution in [3.05, 3.63) is 62.6 Å². The average Bonchev–Trinajstić information content (AvgIpc) is 2.58. The van der Waals surface area contributed by atoms with Gasteiger partial charge < -0.3 is 15.0 Å². The molecule has 0 aliphatic carbocycles. The molecule has 0 amide bonds. The minimum absolute atomic E-state index is 0.0700. The molecule has 0 saturated heterocycles. The van der Waals surface area contributed by atoms with Gasteiger partial charge in [-0.05, 0) is 30.4 Å². The number of anilines is 1. The van der Waals surface area contributed by atoms with Crippen LogP contribution >= 0.6 is 35.4 Å². The zero-order chi connectivity index (χ0) is 18.4. The number of hydrogen-bond acceptors (Lipinski definition) is 4. The monoisotopic (exact) mass is 399 g/mol. The molecule has 0 bridgehead atoms. The molecule has 2 aromatic carbocycles. The Hall–Kier alpha value is -2.09. The zero-order valence-corrected chi connectivity index (χ0v) is 15.6. The van der Waals surface area contributed by atoms with E-state index in [2.05, 4.69) is 5.32 Å². The Morgan fingerprint density at radius 1 is 1.28 bits per heavy atom. The summed E-state index contributed by atoms with van der Waals surface area (Å²) < 4.78 is 5.61. The van der Waals surface area contributed by atoms with Crippen LogP contribution in [0.5, 0.6) is 5.75 Å². The van der Waals surface area contributed by atoms with Crippen LogP contribution in [0.3, 0.4) is 0 Å². The molecule has 0 fully saturated rings. The van der Waals surface area contributed by atoms with Gasteiger partial charge in [-0.2, -0.15) is 0 Å². The van der Waals surface area contributed by atoms with E-state index in [0.717, 1.165) is 0 Å². The highest BCUT2D eigenvalue weighted by Gasteiger charge is 2.12. The zero-order valence-electron chi connectivity index (χ0n) is 13.2. The van der Waals surface area contributed by atoms with Crippen LogP contribution in [0.25, 0.3) is 0 Å². The van der Waals surface area contributed by atoms with Gasteiger partial charge >= 0.3 is 0 Å². The number of rotatable bonds is 6. The van der Waals surface area contributed by atoms with E-state index in [1.807, 2.05) is 12.1 Å². The summed E-state index contributed by atoms with van der Waals surface area (Å²) in [6.45, 7) is 0.855. The Morgan fingerprint density at radius 3 is 2.68 bits per heavy atom. The summed E-state index contributed by atoms with van der Waals surface area (Å²) in [6.07, 6.45) is 0. The summed E-state index contributed by atoms with van der Waals surface area (Å²) >= 11 is 17.4. The van der Waals surface area contributed by atoms with Crippen molar-refractivity contribution in [2.45, 2.75) is 0 Å². The average molecular weight is 400 g/mol. The van der Waals surface area contributed by atoms with E-state index in [9.17, 15) is 10.1 Å². The summed E-state index contributed by atoms with van der Waals surface area (Å²) in [7, 11) is 1.77. The summed E-state index contributed by atoms with van der Waals surface area (Å²) in [4.78, 5) is 12.1. The van der Waals surface area contributed by atoms with E-state index in [1.54, 1.807) is 24.1 Å². The Labute approximate surface area is 160 Å². The molecule has 0 unspecified atom stereocenters. The number of thiocarbonyl (C=S) groups is 1. The predicted molar refractivity (Wildman–Crippen MR) is 104 cm³/mol. The first kappa shape index (κ1) is 19.2. The van der Waals surface area contributed by atoms with Crippen LogP contribution < -0.4 is 10.1 Å². The van der Waals surface area contributed by atoms with Crippen molar-refractivity contribution in [1.82, 2.24) is 4.90 Å². The largest absolute Gasteiger partial charge is 0.490 e. The predicted octanol–water partition coefficient (Wildman–Crippen LogP) is 4.61. The maximum Gasteiger partial charge on any atom is 0.271 e. The van der Waals surface area contributed by atoms with Gasteiger partial charge in [-0.25, -0.2) is 0 Å². The molecule has 132 valence electrons. The van der Waals surface area contributed by atoms with Crippen molar-refractivity contribution < 1.29 is 9.66 Å². The van der Waals surface area contributed by atoms with Crippen molar-refractivity contribution >= 4 is 51.9 Å². The topological polar surface area (TPSA) is 67.6 Å². The fourth-order valence-corrected chi connectivity index (χ4v) is 2.45. The van der Waals surface area contributed by atoms with Crippen LogP contribution in [0, 0.1) is 10.1 Å². The Kier molecular flexibility index (Phi) is 6.81. The molecule has 0 aromatic heterocycles. The van der Waals surface area contributed by atoms with E-state index < -0.39 is 4.92 Å². The molecule has 1 N–H and O–H groups in total. The van der Waals surface area contributed by atoms with Crippen molar-refractivity contribution in [3.63, 3.8) is 0 Å². The minimum Gasteiger partial charge on any atom is -0.490 e. The normalized spacial score (nSPS) is 10.2. The highest BCUT2D eigenvalue weighted by atomic mass is 35.5. The van der Waals surface area contributed by atoms with Gasteiger partial charge in [0.2, 0.25) is 0 Å². The van der Waals surface area contributed by atoms with Crippen LogP contribution in [0.2, 0.25) is 10.0 Å². The fraction of sp³-hybridized carbons (Fsp3) is 0.188. The first-order valence-corrected chi connectivity index (χ1v) is 8.38. The SMILES string of the molecule is CN(CCOc1ccccc1Cl)C(=S)Nc1cc([N+](=O)[O-])ccc1Cl. The number of para-hydroxylation sites is 1. The van der Waals surface area contributed by atoms with Crippen LogP contribution in [-0.2, 0) is 0 Å². The molecule has 0 aliphatic rings. The Morgan fingerprint density at radius 2 is 2.00 bits per heavy atom. The van der Waals surface area contributed by atoms with Gasteiger partial charge in [0.15, 0.2) is 5.11 Å². The second kappa shape index (κ2) is 8.84. The van der Waals surface area contributed by atoms with E-state index in [0.29, 0.717) is 39.7 Å². The lowest BCUT2D eigenvalue weighted by Gasteiger charge is -2.21. The molecule has 0 heterocycles. The number of ether oxygens (including phenoxy) is 1. The summed E-state index contributed by atoms with van der Waals surface area (Å²) in [5, 5.41) is 15.0. The number of nitro benzene ring substituents is 1. The first-order valence-electron chi connectivity index (χ1n) is 7.22. The lowest BCUT2D eigenvalue weighted by molar-refractivity contribution is -0.384. The Bertz CT molecular complexity index is 789. The van der Waals surface area contributed by atoms with Gasteiger partial charge in [-0.1, -0.05) is 35.3 Å². The van der Waals surface area contributed by atoms with Gasteiger partial charge in [-0.15, -0.1) is 0 Å². The van der Waals surface area contributed by atoms with E-state index in [-0.39, 0.29) is 5.69 Å². The molecule has 6 nitrogen and oxygen atoms in total. The van der Waals surface area contributed by atoms with Crippen LogP contribution in [-0.4, -0.2) is 35.1 Å². The van der Waals surface area contributed by atoms with E-state index >= 15 is 0 Å². The lowest BCUT2D eigenvalue weighted by Crippen LogP contribution is -2.34. The quantitative estimate of drug-likeness (QED) is 0.434. The van der Waals surface area contributed by atoms with Gasteiger partial charge in [0.05, 0.1) is 27.2 Å². The van der Waals surface area contributed by atoms with Gasteiger partial charge in [-0.3, -0.25) is 10.1 Å². The third kappa shape index (κ3) is 5.45. The van der Waals surface area contributed by atoms with Crippen LogP contribution in [0.15, 0.2) is 42.5 Å². The number of halogens is 2. The van der Waals surface area contributed by atoms with Crippen LogP contribution in [0.4, 0.5) is 11.4 Å². The number of hydrogen-bond donors (Lipinski definition) is 1. The Balaban J connectivity index is 1.91. The van der Waals surface area contributed by atoms with Crippen molar-refractivity contribution in [1.29, 1.82) is 0 Å². The van der Waals surface area contributed by atoms with Gasteiger partial charge in [0.25, 0.3) is 5.69 Å². The molecule has 0 spiro atoms. The first-order chi connectivity index (χ1) is 11.9. The third-order valence-electron chi connectivity index (χ3n) is 3.27. The summed E-state index contributed by atoms with van der Waals surface area (Å²) in [5.74, 6) is 0.596. The van der Waals surface area contributed by atoms with E-state index in [4.69, 9.17) is 40.2 Å². The number of nitrogens with one attached hydrogen (secondary N) is 1. The summed E-state index contributed by atoms with van der Waals surface area (Å²) in [6, 6.07) is 11.3. The lowest BCUT2D eigenvalue weighted by atomic mass is 10.3. The molecule has 2 rings (SSSR count). The molecule has 25 heavy (non-hydrogen) atoms. The molecule has 0 atom stereocenters. The highest BCUT2D eigenvalue weighted by Crippen LogP contribution is 2.27. The van der Waals surface area contributed by atoms with Crippen LogP contribution in [0.1, 0.15) is 0 Å². The molecular weight excluding hydrogens is 385 g/mol. The molecule has 9 heteroatoms. The minimum atomic E-state index is -0.494. The number of likely N-dealkylation sites (N-methyl/N-ethyl adjacent to an activating group) is 1. The standard InChI is InChI=1S/C16H15Cl2N3O3S/c1-20(8-9-24-15-5-3-2-4-13(15)18)16(25)19-14-10-11(21(22)23)6-7-12(14)17/h2-7,10H,8-9H2,1H3,(H,19,25). The molecule has 0 radical (unpaired) electrons. The van der Waals surface area contributed by atoms with Crippen molar-refractivity contribution in [2.75, 3.05) is 25.5 Å². The second-order valence-corrected chi connectivity index (χ2v) is 6.25. The molecule has 0 saturated carbocycles. The maximum atomic E-state index is 10.9. The number of non-ortho nitro benzene ring substituents is 1. The third-order valence-corrected chi connectivity index (χ3v) is 4.33. The van der Waals surface area contributed by atoms with Crippen molar-refractivity contribution in [3.8, 4) is 5.75 Å². The number of nitro groups is 1. The van der Waals surface area contributed by atoms with Gasteiger partial charge in [0, 0.05) is 19.2 Å². The number of benzene rings is 2.